The molecule has 4 nitrogen and oxygen atoms in total. The summed E-state index contributed by atoms with van der Waals surface area (Å²) in [7, 11) is 6.80. The van der Waals surface area contributed by atoms with E-state index in [2.05, 4.69) is 18.2 Å². The van der Waals surface area contributed by atoms with E-state index in [1.54, 1.807) is 28.4 Å². The molecule has 0 unspecified atom stereocenters. The molecule has 0 aliphatic heterocycles. The summed E-state index contributed by atoms with van der Waals surface area (Å²) < 4.78 is 22.7. The summed E-state index contributed by atoms with van der Waals surface area (Å²) in [5, 5.41) is 0. The molecule has 18 heavy (non-hydrogen) atoms. The first-order valence-electron chi connectivity index (χ1n) is 6.27. The van der Waals surface area contributed by atoms with Gasteiger partial charge in [0, 0.05) is 46.2 Å². The highest BCUT2D eigenvalue weighted by atomic mass is 16.7. The van der Waals surface area contributed by atoms with Crippen LogP contribution in [0.1, 0.15) is 0 Å². The number of hydrogen-bond acceptors (Lipinski definition) is 4. The molecule has 0 amide bonds. The minimum absolute atomic E-state index is 0.150. The molecule has 0 N–H and O–H groups in total. The van der Waals surface area contributed by atoms with Crippen molar-refractivity contribution in [3.63, 3.8) is 0 Å². The second-order valence-corrected chi connectivity index (χ2v) is 5.16. The number of fused-ring (bicyclic) bond motifs is 5. The van der Waals surface area contributed by atoms with Crippen molar-refractivity contribution in [1.82, 2.24) is 0 Å². The molecule has 0 aromatic carbocycles. The van der Waals surface area contributed by atoms with E-state index in [9.17, 15) is 0 Å². The van der Waals surface area contributed by atoms with Crippen molar-refractivity contribution >= 4 is 0 Å². The lowest BCUT2D eigenvalue weighted by molar-refractivity contribution is -0.253. The molecule has 3 aliphatic carbocycles. The minimum atomic E-state index is -0.656. The summed E-state index contributed by atoms with van der Waals surface area (Å²) in [6, 6.07) is 0. The van der Waals surface area contributed by atoms with Gasteiger partial charge >= 0.3 is 0 Å². The van der Waals surface area contributed by atoms with Gasteiger partial charge in [-0.25, -0.2) is 0 Å². The van der Waals surface area contributed by atoms with Gasteiger partial charge in [0.1, 0.15) is 0 Å². The number of hydrogen-bond donors (Lipinski definition) is 0. The van der Waals surface area contributed by atoms with Crippen molar-refractivity contribution in [2.24, 2.45) is 23.7 Å². The molecule has 0 radical (unpaired) electrons. The maximum Gasteiger partial charge on any atom is 0.191 e. The summed E-state index contributed by atoms with van der Waals surface area (Å²) in [5.74, 6) is -0.287. The van der Waals surface area contributed by atoms with Gasteiger partial charge in [-0.2, -0.15) is 0 Å². The maximum absolute atomic E-state index is 5.72. The molecule has 0 saturated heterocycles. The monoisotopic (exact) mass is 252 g/mol. The van der Waals surface area contributed by atoms with E-state index in [0.29, 0.717) is 5.92 Å². The molecule has 1 fully saturated rings. The van der Waals surface area contributed by atoms with Crippen LogP contribution in [0.25, 0.3) is 0 Å². The Balaban J connectivity index is 2.04. The fourth-order valence-corrected chi connectivity index (χ4v) is 4.19. The number of rotatable bonds is 4. The Hall–Kier alpha value is -0.680. The lowest BCUT2D eigenvalue weighted by Crippen LogP contribution is -2.46. The van der Waals surface area contributed by atoms with Crippen LogP contribution >= 0.6 is 0 Å². The summed E-state index contributed by atoms with van der Waals surface area (Å²) in [5.41, 5.74) is 0. The van der Waals surface area contributed by atoms with Gasteiger partial charge in [-0.15, -0.1) is 0 Å². The summed E-state index contributed by atoms with van der Waals surface area (Å²) in [6.07, 6.45) is 8.59. The zero-order valence-electron chi connectivity index (χ0n) is 11.3. The van der Waals surface area contributed by atoms with Gasteiger partial charge in [-0.3, -0.25) is 0 Å². The van der Waals surface area contributed by atoms with Crippen molar-refractivity contribution in [3.05, 3.63) is 24.3 Å². The summed E-state index contributed by atoms with van der Waals surface area (Å²) in [4.78, 5) is 0. The van der Waals surface area contributed by atoms with Gasteiger partial charge < -0.3 is 18.9 Å². The molecular formula is C14H20O4. The van der Waals surface area contributed by atoms with Crippen molar-refractivity contribution in [2.45, 2.75) is 11.6 Å². The van der Waals surface area contributed by atoms with Crippen LogP contribution in [-0.4, -0.2) is 40.0 Å². The quantitative estimate of drug-likeness (QED) is 0.562. The molecule has 1 saturated carbocycles. The Morgan fingerprint density at radius 3 is 1.94 bits per heavy atom. The normalized spacial score (nSPS) is 41.6. The van der Waals surface area contributed by atoms with Crippen LogP contribution in [0.3, 0.4) is 0 Å². The van der Waals surface area contributed by atoms with Crippen LogP contribution in [0.4, 0.5) is 0 Å². The SMILES string of the molecule is COC1(OC)C=C[C@H]2[C@H]1[C@@H]1C=C[C@@H]2C1(OC)OC. The van der Waals surface area contributed by atoms with Gasteiger partial charge in [0.05, 0.1) is 0 Å². The Morgan fingerprint density at radius 1 is 0.778 bits per heavy atom. The minimum Gasteiger partial charge on any atom is -0.352 e. The second kappa shape index (κ2) is 3.90. The smallest absolute Gasteiger partial charge is 0.191 e. The number of methoxy groups -OCH3 is 4. The zero-order valence-corrected chi connectivity index (χ0v) is 11.3. The number of ether oxygens (including phenoxy) is 4. The fourth-order valence-electron chi connectivity index (χ4n) is 4.19. The van der Waals surface area contributed by atoms with Gasteiger partial charge in [0.2, 0.25) is 0 Å². The molecule has 0 heterocycles. The van der Waals surface area contributed by atoms with Crippen LogP contribution in [-0.2, 0) is 18.9 Å². The van der Waals surface area contributed by atoms with Gasteiger partial charge in [-0.1, -0.05) is 18.2 Å². The largest absolute Gasteiger partial charge is 0.352 e. The van der Waals surface area contributed by atoms with Gasteiger partial charge in [0.15, 0.2) is 11.6 Å². The first-order chi connectivity index (χ1) is 8.69. The average molecular weight is 252 g/mol. The summed E-state index contributed by atoms with van der Waals surface area (Å²) in [6.45, 7) is 0. The van der Waals surface area contributed by atoms with Crippen molar-refractivity contribution in [2.75, 3.05) is 28.4 Å². The lowest BCUT2D eigenvalue weighted by Gasteiger charge is -2.37. The van der Waals surface area contributed by atoms with Gasteiger partial charge in [0.25, 0.3) is 0 Å². The Labute approximate surface area is 108 Å². The Bertz CT molecular complexity index is 393. The third-order valence-electron chi connectivity index (χ3n) is 4.96. The zero-order chi connectivity index (χ0) is 13.0. The summed E-state index contributed by atoms with van der Waals surface area (Å²) >= 11 is 0. The molecule has 3 aliphatic rings. The molecule has 4 atom stereocenters. The second-order valence-electron chi connectivity index (χ2n) is 5.16. The lowest BCUT2D eigenvalue weighted by atomic mass is 9.82. The van der Waals surface area contributed by atoms with Crippen LogP contribution in [0.5, 0.6) is 0 Å². The first kappa shape index (κ1) is 12.4. The molecule has 0 aromatic rings. The molecular weight excluding hydrogens is 232 g/mol. The van der Waals surface area contributed by atoms with Crippen LogP contribution in [0.15, 0.2) is 24.3 Å². The third kappa shape index (κ3) is 1.15. The van der Waals surface area contributed by atoms with Crippen molar-refractivity contribution in [3.8, 4) is 0 Å². The fraction of sp³-hybridized carbons (Fsp3) is 0.714. The Kier molecular flexibility index (Phi) is 2.68. The van der Waals surface area contributed by atoms with E-state index in [1.165, 1.54) is 0 Å². The van der Waals surface area contributed by atoms with Gasteiger partial charge in [-0.05, 0) is 12.0 Å². The van der Waals surface area contributed by atoms with Crippen LogP contribution in [0, 0.1) is 23.7 Å². The molecule has 3 rings (SSSR count). The van der Waals surface area contributed by atoms with E-state index in [1.807, 2.05) is 6.08 Å². The maximum atomic E-state index is 5.72. The predicted molar refractivity (Wildman–Crippen MR) is 65.7 cm³/mol. The topological polar surface area (TPSA) is 36.9 Å². The number of allylic oxidation sites excluding steroid dienone is 1. The molecule has 100 valence electrons. The van der Waals surface area contributed by atoms with E-state index >= 15 is 0 Å². The molecule has 2 bridgehead atoms. The van der Waals surface area contributed by atoms with Crippen molar-refractivity contribution in [1.29, 1.82) is 0 Å². The molecule has 4 heteroatoms. The van der Waals surface area contributed by atoms with E-state index < -0.39 is 11.6 Å². The predicted octanol–water partition coefficient (Wildman–Crippen LogP) is 1.58. The van der Waals surface area contributed by atoms with Crippen LogP contribution in [0.2, 0.25) is 0 Å². The molecule has 0 aromatic heterocycles. The highest BCUT2D eigenvalue weighted by Crippen LogP contribution is 2.63. The third-order valence-corrected chi connectivity index (χ3v) is 4.96. The standard InChI is InChI=1S/C14H20O4/c1-15-13(16-2)8-7-9-10-5-6-11(12(9)13)14(10,17-3)18-4/h5-12H,1-4H3/t9-,10+,11+,12+/m1/s1. The van der Waals surface area contributed by atoms with E-state index in [0.717, 1.165) is 0 Å². The van der Waals surface area contributed by atoms with Crippen LogP contribution < -0.4 is 0 Å². The Morgan fingerprint density at radius 2 is 1.39 bits per heavy atom. The first-order valence-corrected chi connectivity index (χ1v) is 6.27. The van der Waals surface area contributed by atoms with E-state index in [-0.39, 0.29) is 17.8 Å². The van der Waals surface area contributed by atoms with Crippen molar-refractivity contribution < 1.29 is 18.9 Å². The average Bonchev–Trinajstić information content (AvgIpc) is 3.05. The van der Waals surface area contributed by atoms with E-state index in [4.69, 9.17) is 18.9 Å². The molecule has 0 spiro atoms. The highest BCUT2D eigenvalue weighted by Gasteiger charge is 2.69. The highest BCUT2D eigenvalue weighted by molar-refractivity contribution is 5.33.